The zero-order valence-corrected chi connectivity index (χ0v) is 11.6. The molecule has 0 amide bonds. The van der Waals surface area contributed by atoms with Gasteiger partial charge in [0.2, 0.25) is 0 Å². The molecule has 0 saturated heterocycles. The average Bonchev–Trinajstić information content (AvgIpc) is 2.17. The van der Waals surface area contributed by atoms with E-state index >= 15 is 0 Å². The Hall–Kier alpha value is -0.120. The van der Waals surface area contributed by atoms with Crippen LogP contribution in [0.25, 0.3) is 0 Å². The van der Waals surface area contributed by atoms with Gasteiger partial charge in [-0.25, -0.2) is 0 Å². The molecule has 3 heteroatoms. The van der Waals surface area contributed by atoms with E-state index in [2.05, 4.69) is 25.8 Å². The predicted molar refractivity (Wildman–Crippen MR) is 70.7 cm³/mol. The zero-order valence-electron chi connectivity index (χ0n) is 11.6. The van der Waals surface area contributed by atoms with Crippen molar-refractivity contribution < 1.29 is 4.74 Å². The van der Waals surface area contributed by atoms with E-state index in [1.165, 1.54) is 12.8 Å². The minimum absolute atomic E-state index is 0.398. The maximum absolute atomic E-state index is 5.60. The van der Waals surface area contributed by atoms with E-state index in [1.807, 2.05) is 6.92 Å². The van der Waals surface area contributed by atoms with Crippen molar-refractivity contribution in [1.29, 1.82) is 0 Å². The molecule has 0 fully saturated rings. The Morgan fingerprint density at radius 1 is 1.19 bits per heavy atom. The van der Waals surface area contributed by atoms with Crippen molar-refractivity contribution in [3.8, 4) is 0 Å². The molecule has 0 spiro atoms. The quantitative estimate of drug-likeness (QED) is 0.584. The summed E-state index contributed by atoms with van der Waals surface area (Å²) < 4.78 is 5.33. The van der Waals surface area contributed by atoms with Gasteiger partial charge in [0.1, 0.15) is 0 Å². The van der Waals surface area contributed by atoms with Gasteiger partial charge in [0.15, 0.2) is 0 Å². The maximum Gasteiger partial charge on any atom is 0.0593 e. The van der Waals surface area contributed by atoms with Gasteiger partial charge in [0.25, 0.3) is 0 Å². The van der Waals surface area contributed by atoms with E-state index in [0.717, 1.165) is 39.3 Å². The van der Waals surface area contributed by atoms with Gasteiger partial charge in [-0.1, -0.05) is 13.8 Å². The summed E-state index contributed by atoms with van der Waals surface area (Å²) in [7, 11) is 2.16. The van der Waals surface area contributed by atoms with Gasteiger partial charge in [0, 0.05) is 13.2 Å². The molecule has 0 aliphatic heterocycles. The van der Waals surface area contributed by atoms with Crippen LogP contribution >= 0.6 is 0 Å². The molecule has 0 bridgehead atoms. The Morgan fingerprint density at radius 3 is 2.44 bits per heavy atom. The molecule has 2 N–H and O–H groups in total. The fraction of sp³-hybridized carbons (Fsp3) is 1.00. The van der Waals surface area contributed by atoms with E-state index < -0.39 is 0 Å². The molecule has 0 aliphatic rings. The first kappa shape index (κ1) is 15.9. The second-order valence-electron chi connectivity index (χ2n) is 5.31. The Kier molecular flexibility index (Phi) is 8.90. The topological polar surface area (TPSA) is 38.5 Å². The summed E-state index contributed by atoms with van der Waals surface area (Å²) in [5, 5.41) is 0. The monoisotopic (exact) mass is 230 g/mol. The van der Waals surface area contributed by atoms with E-state index in [1.54, 1.807) is 0 Å². The highest BCUT2D eigenvalue weighted by atomic mass is 16.5. The molecule has 0 aliphatic carbocycles. The third kappa shape index (κ3) is 9.13. The molecule has 3 nitrogen and oxygen atoms in total. The summed E-state index contributed by atoms with van der Waals surface area (Å²) in [4.78, 5) is 2.34. The Morgan fingerprint density at radius 2 is 1.88 bits per heavy atom. The van der Waals surface area contributed by atoms with Crippen LogP contribution in [0.4, 0.5) is 0 Å². The van der Waals surface area contributed by atoms with Crippen LogP contribution in [0.2, 0.25) is 0 Å². The molecule has 0 unspecified atom stereocenters. The third-order valence-corrected chi connectivity index (χ3v) is 3.04. The Labute approximate surface area is 101 Å². The van der Waals surface area contributed by atoms with Crippen molar-refractivity contribution in [1.82, 2.24) is 4.90 Å². The molecule has 98 valence electrons. The number of rotatable bonds is 10. The van der Waals surface area contributed by atoms with Gasteiger partial charge in [-0.15, -0.1) is 0 Å². The molecular formula is C13H30N2O. The largest absolute Gasteiger partial charge is 0.380 e. The van der Waals surface area contributed by atoms with Crippen molar-refractivity contribution in [3.05, 3.63) is 0 Å². The van der Waals surface area contributed by atoms with Crippen molar-refractivity contribution in [2.24, 2.45) is 11.1 Å². The first-order chi connectivity index (χ1) is 7.52. The SMILES string of the molecule is CCOCCN(C)CCCC(C)(C)CCN. The van der Waals surface area contributed by atoms with Gasteiger partial charge in [-0.3, -0.25) is 0 Å². The van der Waals surface area contributed by atoms with Crippen LogP contribution in [-0.4, -0.2) is 44.8 Å². The van der Waals surface area contributed by atoms with Crippen molar-refractivity contribution >= 4 is 0 Å². The minimum atomic E-state index is 0.398. The molecule has 0 atom stereocenters. The van der Waals surface area contributed by atoms with E-state index in [9.17, 15) is 0 Å². The fourth-order valence-corrected chi connectivity index (χ4v) is 1.82. The summed E-state index contributed by atoms with van der Waals surface area (Å²) >= 11 is 0. The standard InChI is InChI=1S/C13H30N2O/c1-5-16-12-11-15(4)10-6-7-13(2,3)8-9-14/h5-12,14H2,1-4H3. The zero-order chi connectivity index (χ0) is 12.4. The van der Waals surface area contributed by atoms with Crippen LogP contribution in [-0.2, 0) is 4.74 Å². The number of nitrogens with two attached hydrogens (primary N) is 1. The molecule has 0 aromatic carbocycles. The summed E-state index contributed by atoms with van der Waals surface area (Å²) in [6.07, 6.45) is 3.62. The molecule has 0 radical (unpaired) electrons. The highest BCUT2D eigenvalue weighted by Crippen LogP contribution is 2.25. The van der Waals surface area contributed by atoms with Crippen LogP contribution in [0.1, 0.15) is 40.0 Å². The van der Waals surface area contributed by atoms with E-state index in [4.69, 9.17) is 10.5 Å². The number of hydrogen-bond donors (Lipinski definition) is 1. The summed E-state index contributed by atoms with van der Waals surface area (Å²) in [6, 6.07) is 0. The second-order valence-corrected chi connectivity index (χ2v) is 5.31. The molecular weight excluding hydrogens is 200 g/mol. The molecule has 0 aromatic heterocycles. The molecule has 0 heterocycles. The van der Waals surface area contributed by atoms with Gasteiger partial charge in [-0.2, -0.15) is 0 Å². The number of ether oxygens (including phenoxy) is 1. The molecule has 16 heavy (non-hydrogen) atoms. The number of likely N-dealkylation sites (N-methyl/N-ethyl adjacent to an activating group) is 1. The van der Waals surface area contributed by atoms with Crippen LogP contribution in [0.5, 0.6) is 0 Å². The van der Waals surface area contributed by atoms with E-state index in [-0.39, 0.29) is 0 Å². The number of nitrogens with zero attached hydrogens (tertiary/aromatic N) is 1. The smallest absolute Gasteiger partial charge is 0.0593 e. The average molecular weight is 230 g/mol. The van der Waals surface area contributed by atoms with Crippen molar-refractivity contribution in [2.75, 3.05) is 39.9 Å². The highest BCUT2D eigenvalue weighted by molar-refractivity contribution is 4.69. The third-order valence-electron chi connectivity index (χ3n) is 3.04. The van der Waals surface area contributed by atoms with Gasteiger partial charge < -0.3 is 15.4 Å². The molecule has 0 rings (SSSR count). The molecule has 0 aromatic rings. The lowest BCUT2D eigenvalue weighted by Crippen LogP contribution is -2.26. The lowest BCUT2D eigenvalue weighted by Gasteiger charge is -2.25. The summed E-state index contributed by atoms with van der Waals surface area (Å²) in [5.74, 6) is 0. The van der Waals surface area contributed by atoms with Crippen LogP contribution in [0.15, 0.2) is 0 Å². The summed E-state index contributed by atoms with van der Waals surface area (Å²) in [5.41, 5.74) is 6.00. The lowest BCUT2D eigenvalue weighted by atomic mass is 9.84. The normalized spacial score (nSPS) is 12.4. The van der Waals surface area contributed by atoms with Gasteiger partial charge in [0.05, 0.1) is 6.61 Å². The first-order valence-corrected chi connectivity index (χ1v) is 6.48. The second kappa shape index (κ2) is 8.97. The van der Waals surface area contributed by atoms with E-state index in [0.29, 0.717) is 5.41 Å². The highest BCUT2D eigenvalue weighted by Gasteiger charge is 2.16. The first-order valence-electron chi connectivity index (χ1n) is 6.48. The van der Waals surface area contributed by atoms with Crippen molar-refractivity contribution in [3.63, 3.8) is 0 Å². The molecule has 0 saturated carbocycles. The van der Waals surface area contributed by atoms with Crippen molar-refractivity contribution in [2.45, 2.75) is 40.0 Å². The maximum atomic E-state index is 5.60. The number of hydrogen-bond acceptors (Lipinski definition) is 3. The Bertz CT molecular complexity index is 160. The lowest BCUT2D eigenvalue weighted by molar-refractivity contribution is 0.120. The van der Waals surface area contributed by atoms with Crippen LogP contribution in [0, 0.1) is 5.41 Å². The minimum Gasteiger partial charge on any atom is -0.380 e. The summed E-state index contributed by atoms with van der Waals surface area (Å²) in [6.45, 7) is 11.3. The fourth-order valence-electron chi connectivity index (χ4n) is 1.82. The predicted octanol–water partition coefficient (Wildman–Crippen LogP) is 2.11. The van der Waals surface area contributed by atoms with Crippen LogP contribution < -0.4 is 5.73 Å². The van der Waals surface area contributed by atoms with Crippen LogP contribution in [0.3, 0.4) is 0 Å². The van der Waals surface area contributed by atoms with Gasteiger partial charge >= 0.3 is 0 Å². The Balaban J connectivity index is 3.49. The van der Waals surface area contributed by atoms with Gasteiger partial charge in [-0.05, 0) is 51.7 Å².